The second-order valence-corrected chi connectivity index (χ2v) is 5.36. The Hall–Kier alpha value is -0.650. The number of rotatable bonds is 7. The third-order valence-electron chi connectivity index (χ3n) is 3.72. The highest BCUT2D eigenvalue weighted by Gasteiger charge is 2.19. The van der Waals surface area contributed by atoms with Crippen molar-refractivity contribution in [1.29, 1.82) is 0 Å². The molecular formula is C14H26N2O3. The van der Waals surface area contributed by atoms with Crippen molar-refractivity contribution >= 4 is 5.91 Å². The second kappa shape index (κ2) is 8.51. The van der Waals surface area contributed by atoms with E-state index in [1.165, 1.54) is 6.42 Å². The van der Waals surface area contributed by atoms with E-state index in [1.807, 2.05) is 0 Å². The fourth-order valence-electron chi connectivity index (χ4n) is 2.58. The highest BCUT2D eigenvalue weighted by molar-refractivity contribution is 5.81. The van der Waals surface area contributed by atoms with Crippen LogP contribution in [0.4, 0.5) is 0 Å². The number of hydrogen-bond donors (Lipinski definition) is 2. The number of amides is 1. The number of carbonyl (C=O) groups excluding carboxylic acids is 1. The van der Waals surface area contributed by atoms with Crippen molar-refractivity contribution in [3.05, 3.63) is 0 Å². The van der Waals surface area contributed by atoms with Gasteiger partial charge >= 0.3 is 0 Å². The molecule has 2 aliphatic rings. The minimum atomic E-state index is 0.0153. The van der Waals surface area contributed by atoms with Gasteiger partial charge in [-0.15, -0.1) is 0 Å². The molecule has 110 valence electrons. The van der Waals surface area contributed by atoms with Gasteiger partial charge in [-0.2, -0.15) is 0 Å². The molecule has 5 heteroatoms. The molecule has 5 nitrogen and oxygen atoms in total. The Bertz CT molecular complexity index is 261. The van der Waals surface area contributed by atoms with Crippen LogP contribution in [0, 0.1) is 0 Å². The van der Waals surface area contributed by atoms with Gasteiger partial charge in [0, 0.05) is 19.8 Å². The van der Waals surface area contributed by atoms with Gasteiger partial charge in [-0.25, -0.2) is 0 Å². The first-order valence-corrected chi connectivity index (χ1v) is 7.57. The smallest absolute Gasteiger partial charge is 0.237 e. The molecule has 0 aromatic rings. The number of nitrogens with one attached hydrogen (secondary N) is 2. The van der Waals surface area contributed by atoms with Gasteiger partial charge < -0.3 is 20.1 Å². The van der Waals surface area contributed by atoms with Gasteiger partial charge in [0.05, 0.1) is 18.8 Å². The van der Waals surface area contributed by atoms with Crippen LogP contribution >= 0.6 is 0 Å². The first-order valence-electron chi connectivity index (χ1n) is 7.57. The zero-order valence-corrected chi connectivity index (χ0v) is 11.7. The molecule has 0 radical (unpaired) electrons. The van der Waals surface area contributed by atoms with E-state index in [1.54, 1.807) is 0 Å². The van der Waals surface area contributed by atoms with Crippen LogP contribution in [0.1, 0.15) is 38.5 Å². The van der Waals surface area contributed by atoms with Crippen LogP contribution in [-0.2, 0) is 14.3 Å². The maximum Gasteiger partial charge on any atom is 0.237 e. The molecule has 2 N–H and O–H groups in total. The monoisotopic (exact) mass is 270 g/mol. The van der Waals surface area contributed by atoms with Crippen molar-refractivity contribution in [2.24, 2.45) is 0 Å². The standard InChI is InChI=1S/C14H26N2O3/c17-14(13-6-1-2-7-15-13)16-8-4-9-18-11-12-5-3-10-19-12/h12-13,15H,1-11H2,(H,16,17)/t12?,13-/m1/s1. The van der Waals surface area contributed by atoms with Crippen LogP contribution in [0.25, 0.3) is 0 Å². The van der Waals surface area contributed by atoms with Crippen LogP contribution < -0.4 is 10.6 Å². The van der Waals surface area contributed by atoms with E-state index >= 15 is 0 Å². The lowest BCUT2D eigenvalue weighted by atomic mass is 10.0. The highest BCUT2D eigenvalue weighted by atomic mass is 16.5. The Balaban J connectivity index is 1.43. The summed E-state index contributed by atoms with van der Waals surface area (Å²) in [5.41, 5.74) is 0. The van der Waals surface area contributed by atoms with Crippen LogP contribution in [0.15, 0.2) is 0 Å². The average Bonchev–Trinajstić information content (AvgIpc) is 2.96. The van der Waals surface area contributed by atoms with E-state index in [2.05, 4.69) is 10.6 Å². The maximum absolute atomic E-state index is 11.8. The predicted octanol–water partition coefficient (Wildman–Crippen LogP) is 0.830. The van der Waals surface area contributed by atoms with Gasteiger partial charge in [-0.1, -0.05) is 6.42 Å². The van der Waals surface area contributed by atoms with Crippen LogP contribution in [-0.4, -0.2) is 51.0 Å². The summed E-state index contributed by atoms with van der Waals surface area (Å²) in [6, 6.07) is 0.0153. The minimum Gasteiger partial charge on any atom is -0.379 e. The van der Waals surface area contributed by atoms with E-state index in [4.69, 9.17) is 9.47 Å². The molecule has 2 heterocycles. The van der Waals surface area contributed by atoms with Crippen molar-refractivity contribution in [2.75, 3.05) is 32.9 Å². The molecule has 0 saturated carbocycles. The zero-order chi connectivity index (χ0) is 13.3. The summed E-state index contributed by atoms with van der Waals surface area (Å²) in [4.78, 5) is 11.8. The van der Waals surface area contributed by atoms with Crippen LogP contribution in [0.5, 0.6) is 0 Å². The molecule has 19 heavy (non-hydrogen) atoms. The third-order valence-corrected chi connectivity index (χ3v) is 3.72. The lowest BCUT2D eigenvalue weighted by molar-refractivity contribution is -0.123. The second-order valence-electron chi connectivity index (χ2n) is 5.36. The Morgan fingerprint density at radius 3 is 3.00 bits per heavy atom. The molecule has 1 unspecified atom stereocenters. The molecular weight excluding hydrogens is 244 g/mol. The summed E-state index contributed by atoms with van der Waals surface area (Å²) < 4.78 is 11.0. The molecule has 0 aromatic carbocycles. The zero-order valence-electron chi connectivity index (χ0n) is 11.7. The first kappa shape index (κ1) is 14.8. The van der Waals surface area contributed by atoms with Crippen molar-refractivity contribution in [2.45, 2.75) is 50.7 Å². The van der Waals surface area contributed by atoms with E-state index in [0.29, 0.717) is 25.9 Å². The summed E-state index contributed by atoms with van der Waals surface area (Å²) in [6.45, 7) is 3.92. The molecule has 0 aliphatic carbocycles. The molecule has 2 atom stereocenters. The fraction of sp³-hybridized carbons (Fsp3) is 0.929. The minimum absolute atomic E-state index is 0.0153. The van der Waals surface area contributed by atoms with Gasteiger partial charge in [0.1, 0.15) is 0 Å². The van der Waals surface area contributed by atoms with E-state index in [9.17, 15) is 4.79 Å². The summed E-state index contributed by atoms with van der Waals surface area (Å²) >= 11 is 0. The molecule has 2 rings (SSSR count). The van der Waals surface area contributed by atoms with Crippen molar-refractivity contribution in [1.82, 2.24) is 10.6 Å². The van der Waals surface area contributed by atoms with E-state index in [0.717, 1.165) is 45.3 Å². The Kier molecular flexibility index (Phi) is 6.61. The molecule has 2 aliphatic heterocycles. The number of carbonyl (C=O) groups is 1. The molecule has 0 aromatic heterocycles. The van der Waals surface area contributed by atoms with Gasteiger partial charge in [-0.05, 0) is 38.6 Å². The third kappa shape index (κ3) is 5.47. The summed E-state index contributed by atoms with van der Waals surface area (Å²) in [5, 5.41) is 6.22. The lowest BCUT2D eigenvalue weighted by Gasteiger charge is -2.22. The van der Waals surface area contributed by atoms with Crippen LogP contribution in [0.3, 0.4) is 0 Å². The molecule has 0 spiro atoms. The number of piperidine rings is 1. The largest absolute Gasteiger partial charge is 0.379 e. The lowest BCUT2D eigenvalue weighted by Crippen LogP contribution is -2.46. The van der Waals surface area contributed by atoms with Gasteiger partial charge in [0.15, 0.2) is 0 Å². The van der Waals surface area contributed by atoms with Gasteiger partial charge in [0.2, 0.25) is 5.91 Å². The number of ether oxygens (including phenoxy) is 2. The average molecular weight is 270 g/mol. The Labute approximate surface area is 115 Å². The fourth-order valence-corrected chi connectivity index (χ4v) is 2.58. The van der Waals surface area contributed by atoms with Crippen molar-refractivity contribution in [3.8, 4) is 0 Å². The van der Waals surface area contributed by atoms with Crippen molar-refractivity contribution in [3.63, 3.8) is 0 Å². The summed E-state index contributed by atoms with van der Waals surface area (Å²) in [6.07, 6.45) is 6.71. The van der Waals surface area contributed by atoms with Gasteiger partial charge in [0.25, 0.3) is 0 Å². The predicted molar refractivity (Wildman–Crippen MR) is 73.1 cm³/mol. The highest BCUT2D eigenvalue weighted by Crippen LogP contribution is 2.11. The Morgan fingerprint density at radius 1 is 1.32 bits per heavy atom. The maximum atomic E-state index is 11.8. The van der Waals surface area contributed by atoms with E-state index < -0.39 is 0 Å². The van der Waals surface area contributed by atoms with Crippen LogP contribution in [0.2, 0.25) is 0 Å². The van der Waals surface area contributed by atoms with Gasteiger partial charge in [-0.3, -0.25) is 4.79 Å². The topological polar surface area (TPSA) is 59.6 Å². The molecule has 2 fully saturated rings. The molecule has 1 amide bonds. The summed E-state index contributed by atoms with van der Waals surface area (Å²) in [7, 11) is 0. The molecule has 2 saturated heterocycles. The van der Waals surface area contributed by atoms with E-state index in [-0.39, 0.29) is 11.9 Å². The Morgan fingerprint density at radius 2 is 2.26 bits per heavy atom. The number of hydrogen-bond acceptors (Lipinski definition) is 4. The summed E-state index contributed by atoms with van der Waals surface area (Å²) in [5.74, 6) is 0.138. The first-order chi connectivity index (χ1) is 9.36. The molecule has 0 bridgehead atoms. The van der Waals surface area contributed by atoms with Crippen molar-refractivity contribution < 1.29 is 14.3 Å². The quantitative estimate of drug-likeness (QED) is 0.673. The SMILES string of the molecule is O=C(NCCCOCC1CCCO1)[C@H]1CCCCN1. The normalized spacial score (nSPS) is 27.4.